The van der Waals surface area contributed by atoms with Crippen LogP contribution < -0.4 is 10.6 Å². The highest BCUT2D eigenvalue weighted by Gasteiger charge is 2.11. The molecule has 1 aromatic heterocycles. The van der Waals surface area contributed by atoms with Crippen LogP contribution in [0.4, 0.5) is 5.69 Å². The van der Waals surface area contributed by atoms with Gasteiger partial charge in [0.2, 0.25) is 0 Å². The van der Waals surface area contributed by atoms with Gasteiger partial charge in [0.25, 0.3) is 11.8 Å². The molecule has 1 aromatic carbocycles. The van der Waals surface area contributed by atoms with Gasteiger partial charge in [0.15, 0.2) is 5.16 Å². The fourth-order valence-corrected chi connectivity index (χ4v) is 2.22. The lowest BCUT2D eigenvalue weighted by Gasteiger charge is -2.07. The molecular formula is C15H16N4O2S. The maximum atomic E-state index is 12.2. The van der Waals surface area contributed by atoms with Gasteiger partial charge in [-0.2, -0.15) is 0 Å². The largest absolute Gasteiger partial charge is 0.355 e. The average molecular weight is 316 g/mol. The Morgan fingerprint density at radius 3 is 2.36 bits per heavy atom. The van der Waals surface area contributed by atoms with E-state index in [-0.39, 0.29) is 11.8 Å². The molecule has 2 rings (SSSR count). The lowest BCUT2D eigenvalue weighted by molar-refractivity contribution is 0.0962. The number of nitrogens with one attached hydrogen (secondary N) is 2. The first-order valence-electron chi connectivity index (χ1n) is 6.56. The molecule has 0 unspecified atom stereocenters. The molecule has 2 N–H and O–H groups in total. The summed E-state index contributed by atoms with van der Waals surface area (Å²) in [5.41, 5.74) is 2.18. The third kappa shape index (κ3) is 3.82. The van der Waals surface area contributed by atoms with Crippen LogP contribution in [0.2, 0.25) is 0 Å². The highest BCUT2D eigenvalue weighted by Crippen LogP contribution is 2.14. The van der Waals surface area contributed by atoms with Crippen molar-refractivity contribution in [2.24, 2.45) is 0 Å². The molecule has 6 nitrogen and oxygen atoms in total. The minimum absolute atomic E-state index is 0.172. The summed E-state index contributed by atoms with van der Waals surface area (Å²) in [6.45, 7) is 1.82. The number of carbonyl (C=O) groups is 2. The Morgan fingerprint density at radius 1 is 1.09 bits per heavy atom. The number of amides is 2. The quantitative estimate of drug-likeness (QED) is 0.667. The average Bonchev–Trinajstić information content (AvgIpc) is 2.54. The van der Waals surface area contributed by atoms with Crippen molar-refractivity contribution in [3.8, 4) is 0 Å². The van der Waals surface area contributed by atoms with Gasteiger partial charge < -0.3 is 10.6 Å². The molecule has 0 atom stereocenters. The van der Waals surface area contributed by atoms with Crippen molar-refractivity contribution in [2.75, 3.05) is 18.6 Å². The molecule has 2 aromatic rings. The third-order valence-corrected chi connectivity index (χ3v) is 3.43. The van der Waals surface area contributed by atoms with E-state index in [1.807, 2.05) is 13.2 Å². The van der Waals surface area contributed by atoms with Gasteiger partial charge in [0.1, 0.15) is 5.69 Å². The summed E-state index contributed by atoms with van der Waals surface area (Å²) < 4.78 is 0. The topological polar surface area (TPSA) is 84.0 Å². The molecule has 0 aliphatic rings. The molecule has 0 bridgehead atoms. The summed E-state index contributed by atoms with van der Waals surface area (Å²) >= 11 is 1.38. The van der Waals surface area contributed by atoms with E-state index < -0.39 is 0 Å². The second-order valence-electron chi connectivity index (χ2n) is 4.49. The van der Waals surface area contributed by atoms with Crippen LogP contribution in [-0.2, 0) is 0 Å². The van der Waals surface area contributed by atoms with E-state index in [4.69, 9.17) is 0 Å². The standard InChI is InChI=1S/C15H16N4O2S/c1-9-8-12(19-15(17-9)22-3)14(21)18-11-6-4-10(5-7-11)13(20)16-2/h4-8H,1-3H3,(H,16,20)(H,18,21). The Hall–Kier alpha value is -2.41. The van der Waals surface area contributed by atoms with Crippen LogP contribution >= 0.6 is 11.8 Å². The number of hydrogen-bond donors (Lipinski definition) is 2. The maximum absolute atomic E-state index is 12.2. The van der Waals surface area contributed by atoms with Gasteiger partial charge in [-0.25, -0.2) is 9.97 Å². The number of hydrogen-bond acceptors (Lipinski definition) is 5. The van der Waals surface area contributed by atoms with Gasteiger partial charge >= 0.3 is 0 Å². The monoisotopic (exact) mass is 316 g/mol. The molecule has 0 aliphatic carbocycles. The van der Waals surface area contributed by atoms with Gasteiger partial charge in [-0.15, -0.1) is 0 Å². The van der Waals surface area contributed by atoms with Gasteiger partial charge in [-0.3, -0.25) is 9.59 Å². The van der Waals surface area contributed by atoms with Crippen molar-refractivity contribution in [3.63, 3.8) is 0 Å². The molecule has 1 heterocycles. The number of carbonyl (C=O) groups excluding carboxylic acids is 2. The summed E-state index contributed by atoms with van der Waals surface area (Å²) in [4.78, 5) is 32.1. The van der Waals surface area contributed by atoms with E-state index in [0.717, 1.165) is 5.69 Å². The van der Waals surface area contributed by atoms with Crippen LogP contribution in [0.3, 0.4) is 0 Å². The maximum Gasteiger partial charge on any atom is 0.274 e. The fraction of sp³-hybridized carbons (Fsp3) is 0.200. The number of anilines is 1. The zero-order valence-corrected chi connectivity index (χ0v) is 13.3. The van der Waals surface area contributed by atoms with Crippen LogP contribution in [0.15, 0.2) is 35.5 Å². The SMILES string of the molecule is CNC(=O)c1ccc(NC(=O)c2cc(C)nc(SC)n2)cc1. The molecule has 0 fully saturated rings. The fourth-order valence-electron chi connectivity index (χ4n) is 1.79. The summed E-state index contributed by atoms with van der Waals surface area (Å²) in [5.74, 6) is -0.484. The van der Waals surface area contributed by atoms with Crippen LogP contribution in [0.25, 0.3) is 0 Å². The lowest BCUT2D eigenvalue weighted by Crippen LogP contribution is -2.18. The van der Waals surface area contributed by atoms with Crippen molar-refractivity contribution in [2.45, 2.75) is 12.1 Å². The minimum atomic E-state index is -0.312. The lowest BCUT2D eigenvalue weighted by atomic mass is 10.2. The highest BCUT2D eigenvalue weighted by atomic mass is 32.2. The van der Waals surface area contributed by atoms with Gasteiger partial charge in [-0.05, 0) is 43.5 Å². The van der Waals surface area contributed by atoms with Crippen molar-refractivity contribution in [1.29, 1.82) is 0 Å². The van der Waals surface area contributed by atoms with E-state index in [1.54, 1.807) is 37.4 Å². The number of rotatable bonds is 4. The van der Waals surface area contributed by atoms with Crippen LogP contribution in [0.1, 0.15) is 26.5 Å². The Balaban J connectivity index is 2.15. The molecule has 7 heteroatoms. The summed E-state index contributed by atoms with van der Waals surface area (Å²) in [6, 6.07) is 8.27. The number of benzene rings is 1. The molecule has 0 radical (unpaired) electrons. The Labute approximate surface area is 132 Å². The van der Waals surface area contributed by atoms with Gasteiger partial charge in [0, 0.05) is 24.0 Å². The van der Waals surface area contributed by atoms with Crippen LogP contribution in [0, 0.1) is 6.92 Å². The highest BCUT2D eigenvalue weighted by molar-refractivity contribution is 7.98. The van der Waals surface area contributed by atoms with E-state index in [0.29, 0.717) is 22.1 Å². The van der Waals surface area contributed by atoms with Crippen LogP contribution in [-0.4, -0.2) is 35.1 Å². The third-order valence-electron chi connectivity index (χ3n) is 2.88. The molecule has 0 saturated heterocycles. The molecule has 0 spiro atoms. The van der Waals surface area contributed by atoms with Crippen molar-refractivity contribution in [3.05, 3.63) is 47.3 Å². The molecular weight excluding hydrogens is 300 g/mol. The van der Waals surface area contributed by atoms with E-state index in [2.05, 4.69) is 20.6 Å². The van der Waals surface area contributed by atoms with E-state index >= 15 is 0 Å². The smallest absolute Gasteiger partial charge is 0.274 e. The predicted octanol–water partition coefficient (Wildman–Crippen LogP) is 2.12. The first-order valence-corrected chi connectivity index (χ1v) is 7.79. The normalized spacial score (nSPS) is 10.1. The van der Waals surface area contributed by atoms with Crippen LogP contribution in [0.5, 0.6) is 0 Å². The zero-order valence-electron chi connectivity index (χ0n) is 12.5. The zero-order chi connectivity index (χ0) is 16.1. The van der Waals surface area contributed by atoms with E-state index in [1.165, 1.54) is 11.8 Å². The molecule has 0 aliphatic heterocycles. The summed E-state index contributed by atoms with van der Waals surface area (Å²) in [7, 11) is 1.57. The number of aryl methyl sites for hydroxylation is 1. The number of nitrogens with zero attached hydrogens (tertiary/aromatic N) is 2. The molecule has 22 heavy (non-hydrogen) atoms. The van der Waals surface area contributed by atoms with Crippen molar-refractivity contribution >= 4 is 29.3 Å². The molecule has 0 saturated carbocycles. The number of aromatic nitrogens is 2. The van der Waals surface area contributed by atoms with Crippen molar-refractivity contribution in [1.82, 2.24) is 15.3 Å². The molecule has 114 valence electrons. The summed E-state index contributed by atoms with van der Waals surface area (Å²) in [5, 5.41) is 5.85. The van der Waals surface area contributed by atoms with Crippen molar-refractivity contribution < 1.29 is 9.59 Å². The minimum Gasteiger partial charge on any atom is -0.355 e. The first-order chi connectivity index (χ1) is 10.5. The predicted molar refractivity (Wildman–Crippen MR) is 86.3 cm³/mol. The Kier molecular flexibility index (Phi) is 5.11. The summed E-state index contributed by atoms with van der Waals surface area (Å²) in [6.07, 6.45) is 1.86. The second kappa shape index (κ2) is 7.04. The van der Waals surface area contributed by atoms with Gasteiger partial charge in [0.05, 0.1) is 0 Å². The Morgan fingerprint density at radius 2 is 1.77 bits per heavy atom. The van der Waals surface area contributed by atoms with Gasteiger partial charge in [-0.1, -0.05) is 11.8 Å². The second-order valence-corrected chi connectivity index (χ2v) is 5.27. The Bertz CT molecular complexity index is 701. The van der Waals surface area contributed by atoms with E-state index in [9.17, 15) is 9.59 Å². The number of thioether (sulfide) groups is 1. The molecule has 2 amide bonds. The first kappa shape index (κ1) is 16.0.